The molecule has 6 nitrogen and oxygen atoms in total. The molecule has 0 amide bonds. The van der Waals surface area contributed by atoms with Gasteiger partial charge in [0, 0.05) is 17.0 Å². The molecule has 1 heterocycles. The number of carbonyl (C=O) groups excluding carboxylic acids is 1. The molecule has 0 aliphatic heterocycles. The third kappa shape index (κ3) is 3.28. The number of aliphatic hydroxyl groups excluding tert-OH is 2. The second-order valence-corrected chi connectivity index (χ2v) is 5.93. The summed E-state index contributed by atoms with van der Waals surface area (Å²) in [5, 5.41) is 19.1. The maximum absolute atomic E-state index is 12.0. The monoisotopic (exact) mass is 320 g/mol. The first-order chi connectivity index (χ1) is 10.8. The molecule has 2 N–H and O–H groups in total. The molecule has 1 aromatic carbocycles. The molecule has 0 unspecified atom stereocenters. The maximum Gasteiger partial charge on any atom is 0.336 e. The maximum atomic E-state index is 12.0. The average molecular weight is 320 g/mol. The van der Waals surface area contributed by atoms with E-state index in [1.807, 2.05) is 19.9 Å². The molecule has 0 fully saturated rings. The van der Waals surface area contributed by atoms with Gasteiger partial charge in [-0.3, -0.25) is 4.79 Å². The highest BCUT2D eigenvalue weighted by Gasteiger charge is 2.33. The molecule has 0 aliphatic carbocycles. The summed E-state index contributed by atoms with van der Waals surface area (Å²) in [6, 6.07) is 4.98. The summed E-state index contributed by atoms with van der Waals surface area (Å²) in [6.45, 7) is 3.97. The Morgan fingerprint density at radius 3 is 2.52 bits per heavy atom. The van der Waals surface area contributed by atoms with E-state index in [0.717, 1.165) is 11.1 Å². The van der Waals surface area contributed by atoms with Crippen LogP contribution in [0.15, 0.2) is 27.4 Å². The van der Waals surface area contributed by atoms with Gasteiger partial charge in [-0.25, -0.2) is 4.79 Å². The number of ether oxygens (including phenoxy) is 1. The van der Waals surface area contributed by atoms with Gasteiger partial charge in [-0.05, 0) is 31.9 Å². The number of esters is 1. The molecule has 0 saturated heterocycles. The zero-order valence-corrected chi connectivity index (χ0v) is 13.4. The number of rotatable bonds is 5. The van der Waals surface area contributed by atoms with E-state index in [1.54, 1.807) is 6.07 Å². The standard InChI is InChI=1S/C17H20O6/c1-10-4-5-13-12(6-14(20)23-15(13)11(10)2)7-22-16(21)17(3,8-18)9-19/h4-6,18-19H,7-9H2,1-3H3. The van der Waals surface area contributed by atoms with Gasteiger partial charge >= 0.3 is 11.6 Å². The Labute approximate surface area is 133 Å². The van der Waals surface area contributed by atoms with Crippen LogP contribution >= 0.6 is 0 Å². The van der Waals surface area contributed by atoms with Gasteiger partial charge < -0.3 is 19.4 Å². The molecule has 0 bridgehead atoms. The Morgan fingerprint density at radius 2 is 1.91 bits per heavy atom. The highest BCUT2D eigenvalue weighted by molar-refractivity contribution is 5.84. The van der Waals surface area contributed by atoms with Gasteiger partial charge in [-0.1, -0.05) is 12.1 Å². The highest BCUT2D eigenvalue weighted by atomic mass is 16.5. The van der Waals surface area contributed by atoms with Crippen molar-refractivity contribution in [2.24, 2.45) is 5.41 Å². The summed E-state index contributed by atoms with van der Waals surface area (Å²) in [6.07, 6.45) is 0. The molecule has 2 rings (SSSR count). The molecule has 0 radical (unpaired) electrons. The van der Waals surface area contributed by atoms with Gasteiger partial charge in [-0.15, -0.1) is 0 Å². The van der Waals surface area contributed by atoms with Crippen LogP contribution in [0.3, 0.4) is 0 Å². The first kappa shape index (κ1) is 17.2. The van der Waals surface area contributed by atoms with Crippen molar-refractivity contribution in [3.63, 3.8) is 0 Å². The van der Waals surface area contributed by atoms with E-state index in [2.05, 4.69) is 0 Å². The Kier molecular flexibility index (Phi) is 4.87. The third-order valence-electron chi connectivity index (χ3n) is 4.07. The van der Waals surface area contributed by atoms with E-state index in [1.165, 1.54) is 13.0 Å². The first-order valence-electron chi connectivity index (χ1n) is 7.24. The Bertz CT molecular complexity index is 786. The van der Waals surface area contributed by atoms with E-state index in [-0.39, 0.29) is 6.61 Å². The van der Waals surface area contributed by atoms with Gasteiger partial charge in [-0.2, -0.15) is 0 Å². The molecule has 2 aromatic rings. The van der Waals surface area contributed by atoms with E-state index in [4.69, 9.17) is 9.15 Å². The topological polar surface area (TPSA) is 97.0 Å². The molecule has 6 heteroatoms. The quantitative estimate of drug-likeness (QED) is 0.639. The summed E-state index contributed by atoms with van der Waals surface area (Å²) in [7, 11) is 0. The second kappa shape index (κ2) is 6.52. The number of benzene rings is 1. The predicted octanol–water partition coefficient (Wildman–Crippen LogP) is 1.44. The van der Waals surface area contributed by atoms with Crippen LogP contribution in [0.2, 0.25) is 0 Å². The summed E-state index contributed by atoms with van der Waals surface area (Å²) in [4.78, 5) is 23.7. The van der Waals surface area contributed by atoms with Crippen molar-refractivity contribution >= 4 is 16.9 Å². The Morgan fingerprint density at radius 1 is 1.26 bits per heavy atom. The van der Waals surface area contributed by atoms with Crippen molar-refractivity contribution in [2.45, 2.75) is 27.4 Å². The minimum absolute atomic E-state index is 0.140. The lowest BCUT2D eigenvalue weighted by atomic mass is 9.93. The van der Waals surface area contributed by atoms with Crippen LogP contribution < -0.4 is 5.63 Å². The van der Waals surface area contributed by atoms with E-state index < -0.39 is 30.2 Å². The SMILES string of the molecule is Cc1ccc2c(COC(=O)C(C)(CO)CO)cc(=O)oc2c1C. The zero-order valence-electron chi connectivity index (χ0n) is 13.4. The lowest BCUT2D eigenvalue weighted by Gasteiger charge is -2.22. The van der Waals surface area contributed by atoms with Gasteiger partial charge in [0.25, 0.3) is 0 Å². The van der Waals surface area contributed by atoms with Crippen LogP contribution in [0.1, 0.15) is 23.6 Å². The van der Waals surface area contributed by atoms with Gasteiger partial charge in [0.1, 0.15) is 17.6 Å². The normalized spacial score (nSPS) is 11.7. The summed E-state index contributed by atoms with van der Waals surface area (Å²) in [5.41, 5.74) is 0.930. The number of aryl methyl sites for hydroxylation is 2. The molecule has 0 spiro atoms. The predicted molar refractivity (Wildman–Crippen MR) is 84.0 cm³/mol. The molecular formula is C17H20O6. The smallest absolute Gasteiger partial charge is 0.336 e. The molecule has 0 saturated carbocycles. The lowest BCUT2D eigenvalue weighted by molar-refractivity contribution is -0.161. The number of aliphatic hydroxyl groups is 2. The highest BCUT2D eigenvalue weighted by Crippen LogP contribution is 2.24. The first-order valence-corrected chi connectivity index (χ1v) is 7.24. The fourth-order valence-corrected chi connectivity index (χ4v) is 2.14. The fraction of sp³-hybridized carbons (Fsp3) is 0.412. The van der Waals surface area contributed by atoms with Crippen LogP contribution in [0, 0.1) is 19.3 Å². The van der Waals surface area contributed by atoms with Crippen molar-refractivity contribution < 1.29 is 24.2 Å². The van der Waals surface area contributed by atoms with Crippen molar-refractivity contribution in [3.05, 3.63) is 45.3 Å². The van der Waals surface area contributed by atoms with E-state index in [0.29, 0.717) is 16.5 Å². The molecule has 23 heavy (non-hydrogen) atoms. The van der Waals surface area contributed by atoms with E-state index >= 15 is 0 Å². The van der Waals surface area contributed by atoms with Crippen molar-refractivity contribution in [1.82, 2.24) is 0 Å². The van der Waals surface area contributed by atoms with Crippen LogP contribution in [-0.2, 0) is 16.1 Å². The summed E-state index contributed by atoms with van der Waals surface area (Å²) < 4.78 is 10.4. The Balaban J connectivity index is 2.36. The number of hydrogen-bond acceptors (Lipinski definition) is 6. The molecular weight excluding hydrogens is 300 g/mol. The van der Waals surface area contributed by atoms with Crippen LogP contribution in [-0.4, -0.2) is 29.4 Å². The number of fused-ring (bicyclic) bond motifs is 1. The number of hydrogen-bond donors (Lipinski definition) is 2. The Hall–Kier alpha value is -2.18. The zero-order chi connectivity index (χ0) is 17.2. The minimum atomic E-state index is -1.37. The minimum Gasteiger partial charge on any atom is -0.460 e. The van der Waals surface area contributed by atoms with Gasteiger partial charge in [0.05, 0.1) is 13.2 Å². The van der Waals surface area contributed by atoms with E-state index in [9.17, 15) is 19.8 Å². The van der Waals surface area contributed by atoms with Crippen molar-refractivity contribution in [1.29, 1.82) is 0 Å². The van der Waals surface area contributed by atoms with Gasteiger partial charge in [0.2, 0.25) is 0 Å². The fourth-order valence-electron chi connectivity index (χ4n) is 2.14. The summed E-state index contributed by atoms with van der Waals surface area (Å²) >= 11 is 0. The molecule has 0 aliphatic rings. The molecule has 124 valence electrons. The van der Waals surface area contributed by atoms with Crippen molar-refractivity contribution in [3.8, 4) is 0 Å². The van der Waals surface area contributed by atoms with Crippen LogP contribution in [0.4, 0.5) is 0 Å². The van der Waals surface area contributed by atoms with Crippen molar-refractivity contribution in [2.75, 3.05) is 13.2 Å². The number of carbonyl (C=O) groups is 1. The van der Waals surface area contributed by atoms with Gasteiger partial charge in [0.15, 0.2) is 0 Å². The second-order valence-electron chi connectivity index (χ2n) is 5.93. The summed E-state index contributed by atoms with van der Waals surface area (Å²) in [5.74, 6) is -0.729. The molecule has 1 aromatic heterocycles. The average Bonchev–Trinajstić information content (AvgIpc) is 2.55. The van der Waals surface area contributed by atoms with Crippen LogP contribution in [0.25, 0.3) is 11.0 Å². The molecule has 0 atom stereocenters. The third-order valence-corrected chi connectivity index (χ3v) is 4.07. The van der Waals surface area contributed by atoms with Crippen LogP contribution in [0.5, 0.6) is 0 Å². The largest absolute Gasteiger partial charge is 0.460 e. The lowest BCUT2D eigenvalue weighted by Crippen LogP contribution is -2.37.